The molecule has 0 spiro atoms. The van der Waals surface area contributed by atoms with Crippen LogP contribution in [0.5, 0.6) is 0 Å². The van der Waals surface area contributed by atoms with Crippen LogP contribution in [0.15, 0.2) is 27.2 Å². The third kappa shape index (κ3) is 0.875. The van der Waals surface area contributed by atoms with Crippen molar-refractivity contribution in [2.45, 2.75) is 25.7 Å². The summed E-state index contributed by atoms with van der Waals surface area (Å²) in [7, 11) is 0. The van der Waals surface area contributed by atoms with Gasteiger partial charge in [0, 0.05) is 0 Å². The van der Waals surface area contributed by atoms with Gasteiger partial charge < -0.3 is 0 Å². The van der Waals surface area contributed by atoms with Crippen LogP contribution in [0.4, 0.5) is 0 Å². The molecule has 3 nitrogen and oxygen atoms in total. The smallest absolute Gasteiger partial charge is 0.107 e. The first-order valence-electron chi connectivity index (χ1n) is 3.65. The minimum absolute atomic E-state index is 1.01. The molecule has 2 aliphatic rings. The van der Waals surface area contributed by atoms with Crippen molar-refractivity contribution in [1.29, 1.82) is 0 Å². The summed E-state index contributed by atoms with van der Waals surface area (Å²) in [5.41, 5.74) is 2.09. The first-order valence-corrected chi connectivity index (χ1v) is 3.65. The predicted octanol–water partition coefficient (Wildman–Crippen LogP) is 2.27. The molecule has 1 aliphatic heterocycles. The lowest BCUT2D eigenvalue weighted by molar-refractivity contribution is 0.786. The zero-order chi connectivity index (χ0) is 6.81. The van der Waals surface area contributed by atoms with Crippen LogP contribution in [-0.2, 0) is 0 Å². The van der Waals surface area contributed by atoms with Gasteiger partial charge in [-0.25, -0.2) is 0 Å². The first-order chi connectivity index (χ1) is 4.97. The fraction of sp³-hybridized carbons (Fsp3) is 0.571. The maximum Gasteiger partial charge on any atom is 0.107 e. The molecule has 0 atom stereocenters. The zero-order valence-electron chi connectivity index (χ0n) is 5.75. The summed E-state index contributed by atoms with van der Waals surface area (Å²) in [6.07, 6.45) is 6.80. The fourth-order valence-electron chi connectivity index (χ4n) is 1.25. The van der Waals surface area contributed by atoms with E-state index in [9.17, 15) is 0 Å². The third-order valence-electron chi connectivity index (χ3n) is 1.82. The van der Waals surface area contributed by atoms with Gasteiger partial charge in [0.05, 0.1) is 5.71 Å². The lowest BCUT2D eigenvalue weighted by atomic mass is 10.2. The van der Waals surface area contributed by atoms with Gasteiger partial charge in [0.15, 0.2) is 0 Å². The highest BCUT2D eigenvalue weighted by Crippen LogP contribution is 2.20. The molecule has 0 saturated heterocycles. The minimum atomic E-state index is 1.01. The summed E-state index contributed by atoms with van der Waals surface area (Å²) in [6, 6.07) is 0. The summed E-state index contributed by atoms with van der Waals surface area (Å²) in [6.45, 7) is 0. The van der Waals surface area contributed by atoms with Crippen LogP contribution >= 0.6 is 0 Å². The highest BCUT2D eigenvalue weighted by Gasteiger charge is 2.13. The van der Waals surface area contributed by atoms with Crippen molar-refractivity contribution < 1.29 is 0 Å². The minimum Gasteiger partial charge on any atom is -0.133 e. The Balaban J connectivity index is 2.28. The fourth-order valence-corrected chi connectivity index (χ4v) is 1.25. The largest absolute Gasteiger partial charge is 0.133 e. The van der Waals surface area contributed by atoms with Gasteiger partial charge in [-0.1, -0.05) is 6.08 Å². The molecule has 0 saturated carbocycles. The lowest BCUT2D eigenvalue weighted by Gasteiger charge is -1.91. The normalized spacial score (nSPS) is 23.2. The topological polar surface area (TPSA) is 37.1 Å². The Morgan fingerprint density at radius 1 is 1.30 bits per heavy atom. The predicted molar refractivity (Wildman–Crippen MR) is 38.8 cm³/mol. The highest BCUT2D eigenvalue weighted by molar-refractivity contribution is 6.00. The molecular formula is C7H9N3. The quantitative estimate of drug-likeness (QED) is 0.488. The van der Waals surface area contributed by atoms with Crippen LogP contribution in [-0.4, -0.2) is 5.71 Å². The van der Waals surface area contributed by atoms with Crippen molar-refractivity contribution in [3.63, 3.8) is 0 Å². The molecule has 0 bridgehead atoms. The standard InChI is InChI=1S/C7H9N3/c1-2-4-6-7(5-3-1)9-10-8-6/h4H,1-3,5H2. The van der Waals surface area contributed by atoms with E-state index in [-0.39, 0.29) is 0 Å². The van der Waals surface area contributed by atoms with Crippen LogP contribution in [0.1, 0.15) is 25.7 Å². The van der Waals surface area contributed by atoms with Gasteiger partial charge in [-0.3, -0.25) is 0 Å². The maximum absolute atomic E-state index is 3.92. The summed E-state index contributed by atoms with van der Waals surface area (Å²) in [4.78, 5) is 0. The molecule has 0 aromatic rings. The monoisotopic (exact) mass is 135 g/mol. The second kappa shape index (κ2) is 2.33. The Hall–Kier alpha value is -0.990. The van der Waals surface area contributed by atoms with E-state index in [4.69, 9.17) is 0 Å². The van der Waals surface area contributed by atoms with E-state index in [1.54, 1.807) is 0 Å². The Labute approximate surface area is 59.5 Å². The van der Waals surface area contributed by atoms with Gasteiger partial charge in [0.1, 0.15) is 5.70 Å². The summed E-state index contributed by atoms with van der Waals surface area (Å²) < 4.78 is 0. The molecule has 0 N–H and O–H groups in total. The Bertz CT molecular complexity index is 225. The number of allylic oxidation sites excluding steroid dienone is 2. The van der Waals surface area contributed by atoms with Crippen LogP contribution < -0.4 is 0 Å². The van der Waals surface area contributed by atoms with Crippen LogP contribution in [0.2, 0.25) is 0 Å². The van der Waals surface area contributed by atoms with E-state index >= 15 is 0 Å². The van der Waals surface area contributed by atoms with E-state index in [0.717, 1.165) is 24.3 Å². The van der Waals surface area contributed by atoms with E-state index in [1.165, 1.54) is 12.8 Å². The molecule has 3 heteroatoms. The SMILES string of the molecule is C1=C2N=NN=C2CCCC1. The molecule has 0 aromatic carbocycles. The van der Waals surface area contributed by atoms with E-state index in [2.05, 4.69) is 21.5 Å². The van der Waals surface area contributed by atoms with Gasteiger partial charge in [0.25, 0.3) is 0 Å². The number of fused-ring (bicyclic) bond motifs is 1. The van der Waals surface area contributed by atoms with Gasteiger partial charge in [0.2, 0.25) is 0 Å². The summed E-state index contributed by atoms with van der Waals surface area (Å²) >= 11 is 0. The lowest BCUT2D eigenvalue weighted by Crippen LogP contribution is -1.93. The number of rotatable bonds is 0. The van der Waals surface area contributed by atoms with Crippen LogP contribution in [0.25, 0.3) is 0 Å². The third-order valence-corrected chi connectivity index (χ3v) is 1.82. The van der Waals surface area contributed by atoms with Crippen molar-refractivity contribution >= 4 is 5.71 Å². The molecule has 0 amide bonds. The van der Waals surface area contributed by atoms with E-state index < -0.39 is 0 Å². The molecule has 0 unspecified atom stereocenters. The summed E-state index contributed by atoms with van der Waals surface area (Å²) in [5.74, 6) is 0. The highest BCUT2D eigenvalue weighted by atomic mass is 15.4. The number of nitrogens with zero attached hydrogens (tertiary/aromatic N) is 3. The Morgan fingerprint density at radius 3 is 3.30 bits per heavy atom. The Kier molecular flexibility index (Phi) is 1.34. The van der Waals surface area contributed by atoms with E-state index in [0.29, 0.717) is 0 Å². The molecular weight excluding hydrogens is 126 g/mol. The average Bonchev–Trinajstić information content (AvgIpc) is 2.28. The molecule has 10 heavy (non-hydrogen) atoms. The molecule has 0 radical (unpaired) electrons. The van der Waals surface area contributed by atoms with Gasteiger partial charge in [-0.05, 0) is 30.9 Å². The molecule has 0 aromatic heterocycles. The van der Waals surface area contributed by atoms with Crippen molar-refractivity contribution in [1.82, 2.24) is 0 Å². The first kappa shape index (κ1) is 5.77. The molecule has 1 aliphatic carbocycles. The second-order valence-corrected chi connectivity index (χ2v) is 2.57. The van der Waals surface area contributed by atoms with Crippen molar-refractivity contribution in [3.8, 4) is 0 Å². The molecule has 1 heterocycles. The number of hydrogen-bond donors (Lipinski definition) is 0. The van der Waals surface area contributed by atoms with E-state index in [1.807, 2.05) is 0 Å². The van der Waals surface area contributed by atoms with Crippen molar-refractivity contribution in [3.05, 3.63) is 11.8 Å². The molecule has 2 rings (SSSR count). The second-order valence-electron chi connectivity index (χ2n) is 2.57. The van der Waals surface area contributed by atoms with Gasteiger partial charge in [-0.15, -0.1) is 10.2 Å². The van der Waals surface area contributed by atoms with Gasteiger partial charge >= 0.3 is 0 Å². The van der Waals surface area contributed by atoms with Crippen LogP contribution in [0.3, 0.4) is 0 Å². The number of hydrogen-bond acceptors (Lipinski definition) is 3. The molecule has 0 fully saturated rings. The van der Waals surface area contributed by atoms with Crippen molar-refractivity contribution in [2.75, 3.05) is 0 Å². The zero-order valence-corrected chi connectivity index (χ0v) is 5.75. The maximum atomic E-state index is 3.92. The molecule has 52 valence electrons. The summed E-state index contributed by atoms with van der Waals surface area (Å²) in [5, 5.41) is 11.4. The van der Waals surface area contributed by atoms with Crippen LogP contribution in [0, 0.1) is 0 Å². The van der Waals surface area contributed by atoms with Crippen molar-refractivity contribution in [2.24, 2.45) is 15.4 Å². The Morgan fingerprint density at radius 2 is 2.30 bits per heavy atom. The van der Waals surface area contributed by atoms with Gasteiger partial charge in [-0.2, -0.15) is 0 Å². The average molecular weight is 135 g/mol.